The van der Waals surface area contributed by atoms with Gasteiger partial charge in [-0.1, -0.05) is 12.2 Å². The fraction of sp³-hybridized carbons (Fsp3) is 0.389. The Morgan fingerprint density at radius 1 is 1.19 bits per heavy atom. The summed E-state index contributed by atoms with van der Waals surface area (Å²) in [6.07, 6.45) is 6.34. The molecule has 0 aromatic heterocycles. The van der Waals surface area contributed by atoms with E-state index >= 15 is 0 Å². The lowest BCUT2D eigenvalue weighted by Gasteiger charge is -2.37. The van der Waals surface area contributed by atoms with E-state index in [0.29, 0.717) is 11.8 Å². The van der Waals surface area contributed by atoms with Crippen LogP contribution >= 0.6 is 15.9 Å². The van der Waals surface area contributed by atoms with Crippen molar-refractivity contribution in [3.63, 3.8) is 0 Å². The second kappa shape index (κ2) is 5.48. The molecule has 2 amide bonds. The first-order chi connectivity index (χ1) is 12.9. The van der Waals surface area contributed by atoms with E-state index in [9.17, 15) is 24.8 Å². The van der Waals surface area contributed by atoms with E-state index < -0.39 is 4.92 Å². The van der Waals surface area contributed by atoms with Gasteiger partial charge in [-0.2, -0.15) is 10.1 Å². The molecule has 1 N–H and O–H groups in total. The minimum Gasteiger partial charge on any atom is -0.506 e. The van der Waals surface area contributed by atoms with Crippen LogP contribution in [0.4, 0.5) is 5.69 Å². The van der Waals surface area contributed by atoms with Crippen molar-refractivity contribution in [1.82, 2.24) is 5.01 Å². The minimum atomic E-state index is -0.599. The topological polar surface area (TPSA) is 113 Å². The van der Waals surface area contributed by atoms with Gasteiger partial charge in [0.05, 0.1) is 27.4 Å². The first kappa shape index (κ1) is 16.6. The summed E-state index contributed by atoms with van der Waals surface area (Å²) in [6.45, 7) is 0. The Balaban J connectivity index is 1.47. The highest BCUT2D eigenvalue weighted by atomic mass is 79.9. The zero-order valence-corrected chi connectivity index (χ0v) is 15.4. The quantitative estimate of drug-likeness (QED) is 0.259. The smallest absolute Gasteiger partial charge is 0.271 e. The van der Waals surface area contributed by atoms with Crippen molar-refractivity contribution in [1.29, 1.82) is 0 Å². The summed E-state index contributed by atoms with van der Waals surface area (Å²) >= 11 is 3.06. The molecule has 4 aliphatic carbocycles. The Morgan fingerprint density at radius 2 is 1.78 bits per heavy atom. The second-order valence-corrected chi connectivity index (χ2v) is 8.36. The van der Waals surface area contributed by atoms with Gasteiger partial charge in [-0.25, -0.2) is 0 Å². The molecule has 8 nitrogen and oxygen atoms in total. The van der Waals surface area contributed by atoms with E-state index in [2.05, 4.69) is 33.2 Å². The molecule has 6 rings (SSSR count). The standard InChI is InChI=1S/C18H14BrN3O5/c19-13-4-8(22(26)27)3-7(16(13)23)6-20-21-17(24)14-9-1-2-10(12-5-11(9)12)15(14)18(21)25/h1-4,6,9-12,14-15,23H,5H2/b20-6-/t9-,10-,11-,12-,14+,15+/m1/s1. The Hall–Kier alpha value is -2.55. The van der Waals surface area contributed by atoms with Crippen molar-refractivity contribution in [2.24, 2.45) is 40.6 Å². The molecule has 1 saturated heterocycles. The molecule has 2 saturated carbocycles. The summed E-state index contributed by atoms with van der Waals surface area (Å²) in [5.41, 5.74) is -0.188. The van der Waals surface area contributed by atoms with Crippen LogP contribution in [-0.4, -0.2) is 33.1 Å². The van der Waals surface area contributed by atoms with Crippen LogP contribution in [0.15, 0.2) is 33.9 Å². The maximum absolute atomic E-state index is 12.8. The summed E-state index contributed by atoms with van der Waals surface area (Å²) in [5.74, 6) is -0.423. The third-order valence-electron chi connectivity index (χ3n) is 6.24. The first-order valence-corrected chi connectivity index (χ1v) is 9.45. The van der Waals surface area contributed by atoms with E-state index in [-0.39, 0.29) is 57.0 Å². The van der Waals surface area contributed by atoms with Crippen molar-refractivity contribution in [3.8, 4) is 5.75 Å². The van der Waals surface area contributed by atoms with Crippen molar-refractivity contribution in [2.45, 2.75) is 6.42 Å². The van der Waals surface area contributed by atoms with Crippen molar-refractivity contribution in [3.05, 3.63) is 44.4 Å². The van der Waals surface area contributed by atoms with Gasteiger partial charge < -0.3 is 5.11 Å². The Morgan fingerprint density at radius 3 is 2.33 bits per heavy atom. The van der Waals surface area contributed by atoms with E-state index in [4.69, 9.17) is 0 Å². The molecule has 3 fully saturated rings. The molecule has 27 heavy (non-hydrogen) atoms. The maximum Gasteiger partial charge on any atom is 0.271 e. The number of aromatic hydroxyl groups is 1. The number of rotatable bonds is 3. The lowest BCUT2D eigenvalue weighted by atomic mass is 9.63. The van der Waals surface area contributed by atoms with E-state index in [1.165, 1.54) is 6.07 Å². The number of amides is 2. The molecular formula is C18H14BrN3O5. The van der Waals surface area contributed by atoms with Gasteiger partial charge in [-0.05, 0) is 46.0 Å². The molecule has 0 unspecified atom stereocenters. The Labute approximate surface area is 161 Å². The second-order valence-electron chi connectivity index (χ2n) is 7.51. The SMILES string of the molecule is O=C1[C@H]2[C@@H]3C=C[C@H]([C@H]4C[C@H]34)[C@@H]2C(=O)N1/N=C\c1cc([N+](=O)[O-])cc(Br)c1O. The number of nitrogens with zero attached hydrogens (tertiary/aromatic N) is 3. The zero-order valence-electron chi connectivity index (χ0n) is 13.9. The summed E-state index contributed by atoms with van der Waals surface area (Å²) in [4.78, 5) is 36.1. The number of hydrogen-bond acceptors (Lipinski definition) is 6. The molecule has 1 aromatic carbocycles. The van der Waals surface area contributed by atoms with Crippen molar-refractivity contribution >= 4 is 39.6 Å². The van der Waals surface area contributed by atoms with Gasteiger partial charge in [-0.15, -0.1) is 0 Å². The van der Waals surface area contributed by atoms with Gasteiger partial charge in [0.2, 0.25) is 0 Å². The number of phenols is 1. The highest BCUT2D eigenvalue weighted by molar-refractivity contribution is 9.10. The van der Waals surface area contributed by atoms with Crippen LogP contribution in [0.3, 0.4) is 0 Å². The molecule has 1 heterocycles. The van der Waals surface area contributed by atoms with E-state index in [1.807, 2.05) is 0 Å². The van der Waals surface area contributed by atoms with Gasteiger partial charge in [-0.3, -0.25) is 19.7 Å². The molecule has 6 atom stereocenters. The normalized spacial score (nSPS) is 35.7. The molecule has 0 radical (unpaired) electrons. The van der Waals surface area contributed by atoms with Crippen molar-refractivity contribution in [2.75, 3.05) is 0 Å². The number of carbonyl (C=O) groups excluding carboxylic acids is 2. The average Bonchev–Trinajstić information content (AvgIpc) is 3.42. The summed E-state index contributed by atoms with van der Waals surface area (Å²) in [5, 5.41) is 26.0. The van der Waals surface area contributed by atoms with Crippen LogP contribution < -0.4 is 0 Å². The van der Waals surface area contributed by atoms with Crippen LogP contribution in [0.1, 0.15) is 12.0 Å². The predicted molar refractivity (Wildman–Crippen MR) is 96.6 cm³/mol. The van der Waals surface area contributed by atoms with Crippen LogP contribution in [-0.2, 0) is 9.59 Å². The third kappa shape index (κ3) is 2.24. The number of nitro benzene ring substituents is 1. The molecule has 9 heteroatoms. The van der Waals surface area contributed by atoms with Crippen LogP contribution in [0.2, 0.25) is 0 Å². The fourth-order valence-corrected chi connectivity index (χ4v) is 5.45. The van der Waals surface area contributed by atoms with Gasteiger partial charge in [0.15, 0.2) is 0 Å². The molecule has 1 aromatic rings. The van der Waals surface area contributed by atoms with E-state index in [1.54, 1.807) is 0 Å². The summed E-state index contributed by atoms with van der Waals surface area (Å²) in [7, 11) is 0. The number of halogens is 1. The number of hydrazone groups is 1. The Bertz CT molecular complexity index is 938. The number of imide groups is 1. The number of nitro groups is 1. The fourth-order valence-electron chi connectivity index (χ4n) is 4.98. The van der Waals surface area contributed by atoms with Gasteiger partial charge in [0, 0.05) is 17.7 Å². The molecule has 2 bridgehead atoms. The number of benzene rings is 1. The number of phenolic OH excluding ortho intramolecular Hbond substituents is 1. The monoisotopic (exact) mass is 431 g/mol. The van der Waals surface area contributed by atoms with Gasteiger partial charge >= 0.3 is 0 Å². The highest BCUT2D eigenvalue weighted by Crippen LogP contribution is 2.65. The molecule has 0 spiro atoms. The minimum absolute atomic E-state index is 0.0514. The lowest BCUT2D eigenvalue weighted by molar-refractivity contribution is -0.385. The number of non-ortho nitro benzene ring substituents is 1. The Kier molecular flexibility index (Phi) is 3.37. The molecule has 138 valence electrons. The van der Waals surface area contributed by atoms with Crippen LogP contribution in [0.25, 0.3) is 0 Å². The van der Waals surface area contributed by atoms with Gasteiger partial charge in [0.25, 0.3) is 17.5 Å². The summed E-state index contributed by atoms with van der Waals surface area (Å²) in [6, 6.07) is 2.31. The molecule has 5 aliphatic rings. The van der Waals surface area contributed by atoms with E-state index in [0.717, 1.165) is 23.7 Å². The number of allylic oxidation sites excluding steroid dienone is 2. The first-order valence-electron chi connectivity index (χ1n) is 8.65. The molecule has 1 aliphatic heterocycles. The summed E-state index contributed by atoms with van der Waals surface area (Å²) < 4.78 is 0.133. The number of carbonyl (C=O) groups is 2. The average molecular weight is 432 g/mol. The van der Waals surface area contributed by atoms with Crippen LogP contribution in [0.5, 0.6) is 5.75 Å². The predicted octanol–water partition coefficient (Wildman–Crippen LogP) is 2.45. The largest absolute Gasteiger partial charge is 0.506 e. The van der Waals surface area contributed by atoms with Crippen LogP contribution in [0, 0.1) is 45.6 Å². The van der Waals surface area contributed by atoms with Gasteiger partial charge in [0.1, 0.15) is 5.75 Å². The molecular weight excluding hydrogens is 418 g/mol. The maximum atomic E-state index is 12.8. The number of hydrogen-bond donors (Lipinski definition) is 1. The lowest BCUT2D eigenvalue weighted by Crippen LogP contribution is -2.40. The third-order valence-corrected chi connectivity index (χ3v) is 6.84. The zero-order chi connectivity index (χ0) is 19.0. The highest BCUT2D eigenvalue weighted by Gasteiger charge is 2.67. The van der Waals surface area contributed by atoms with Crippen molar-refractivity contribution < 1.29 is 19.6 Å².